The third-order valence-corrected chi connectivity index (χ3v) is 4.44. The maximum absolute atomic E-state index is 12.8. The number of hydrogen-bond acceptors (Lipinski definition) is 2. The summed E-state index contributed by atoms with van der Waals surface area (Å²) < 4.78 is 0.800. The number of hydrogen-bond donors (Lipinski definition) is 2. The highest BCUT2D eigenvalue weighted by Crippen LogP contribution is 2.24. The quantitative estimate of drug-likeness (QED) is 0.714. The second-order valence-electron chi connectivity index (χ2n) is 5.57. The number of ketones is 1. The average Bonchev–Trinajstić information content (AvgIpc) is 2.61. The van der Waals surface area contributed by atoms with Gasteiger partial charge in [-0.25, -0.2) is 0 Å². The molecular weight excluding hydrogens is 368 g/mol. The molecule has 0 saturated heterocycles. The Morgan fingerprint density at radius 2 is 1.71 bits per heavy atom. The number of anilines is 1. The van der Waals surface area contributed by atoms with Crippen molar-refractivity contribution in [3.05, 3.63) is 64.1 Å². The van der Waals surface area contributed by atoms with Gasteiger partial charge in [0.25, 0.3) is 5.91 Å². The average molecular weight is 390 g/mol. The predicted octanol–water partition coefficient (Wildman–Crippen LogP) is 2.54. The Kier molecular flexibility index (Phi) is 6.70. The topological polar surface area (TPSA) is 50.6 Å². The molecule has 5 heteroatoms. The molecule has 0 fully saturated rings. The van der Waals surface area contributed by atoms with Gasteiger partial charge in [-0.05, 0) is 32.0 Å². The van der Waals surface area contributed by atoms with E-state index >= 15 is 0 Å². The van der Waals surface area contributed by atoms with Crippen LogP contribution in [-0.4, -0.2) is 31.3 Å². The zero-order chi connectivity index (χ0) is 17.5. The zero-order valence-corrected chi connectivity index (χ0v) is 15.5. The molecule has 126 valence electrons. The molecule has 0 radical (unpaired) electrons. The van der Waals surface area contributed by atoms with Crippen molar-refractivity contribution in [2.45, 2.75) is 13.8 Å². The summed E-state index contributed by atoms with van der Waals surface area (Å²) in [6.45, 7) is 6.27. The highest BCUT2D eigenvalue weighted by molar-refractivity contribution is 9.10. The largest absolute Gasteiger partial charge is 0.328 e. The standard InChI is InChI=1S/C19H21BrN2O2/c1-3-22(4-2)13-18(23)21-17-11-10-15(20)12-16(17)19(24)14-8-6-5-7-9-14/h5-12H,3-4,13H2,1-2H3,(H,21,23)/p+1. The van der Waals surface area contributed by atoms with Crippen LogP contribution in [0.15, 0.2) is 53.0 Å². The van der Waals surface area contributed by atoms with E-state index in [1.54, 1.807) is 24.3 Å². The van der Waals surface area contributed by atoms with Crippen LogP contribution in [0.4, 0.5) is 5.69 Å². The first-order chi connectivity index (χ1) is 11.5. The number of likely N-dealkylation sites (N-methyl/N-ethyl adjacent to an activating group) is 1. The van der Waals surface area contributed by atoms with E-state index < -0.39 is 0 Å². The molecule has 2 N–H and O–H groups in total. The van der Waals surface area contributed by atoms with Gasteiger partial charge in [-0.2, -0.15) is 0 Å². The van der Waals surface area contributed by atoms with Crippen molar-refractivity contribution >= 4 is 33.3 Å². The van der Waals surface area contributed by atoms with Crippen molar-refractivity contribution in [3.63, 3.8) is 0 Å². The van der Waals surface area contributed by atoms with Crippen LogP contribution >= 0.6 is 15.9 Å². The first kappa shape index (κ1) is 18.4. The Morgan fingerprint density at radius 1 is 1.04 bits per heavy atom. The van der Waals surface area contributed by atoms with E-state index in [1.807, 2.05) is 24.3 Å². The van der Waals surface area contributed by atoms with Gasteiger partial charge in [-0.1, -0.05) is 46.3 Å². The summed E-state index contributed by atoms with van der Waals surface area (Å²) in [5, 5.41) is 2.89. The molecule has 0 atom stereocenters. The fraction of sp³-hybridized carbons (Fsp3) is 0.263. The Labute approximate surface area is 151 Å². The van der Waals surface area contributed by atoms with Crippen molar-refractivity contribution in [1.29, 1.82) is 0 Å². The van der Waals surface area contributed by atoms with E-state index in [2.05, 4.69) is 35.1 Å². The minimum atomic E-state index is -0.109. The maximum Gasteiger partial charge on any atom is 0.279 e. The van der Waals surface area contributed by atoms with Crippen LogP contribution in [0.3, 0.4) is 0 Å². The summed E-state index contributed by atoms with van der Waals surface area (Å²) in [5.41, 5.74) is 1.63. The molecule has 4 nitrogen and oxygen atoms in total. The molecule has 0 aliphatic carbocycles. The SMILES string of the molecule is CC[NH+](CC)CC(=O)Nc1ccc(Br)cc1C(=O)c1ccccc1. The van der Waals surface area contributed by atoms with Crippen LogP contribution in [0.2, 0.25) is 0 Å². The lowest BCUT2D eigenvalue weighted by atomic mass is 10.0. The van der Waals surface area contributed by atoms with Gasteiger partial charge in [-0.15, -0.1) is 0 Å². The van der Waals surface area contributed by atoms with Gasteiger partial charge >= 0.3 is 0 Å². The first-order valence-electron chi connectivity index (χ1n) is 8.07. The lowest BCUT2D eigenvalue weighted by Crippen LogP contribution is -3.12. The molecule has 0 aromatic heterocycles. The predicted molar refractivity (Wildman–Crippen MR) is 99.6 cm³/mol. The van der Waals surface area contributed by atoms with E-state index in [0.29, 0.717) is 23.4 Å². The van der Waals surface area contributed by atoms with Crippen LogP contribution in [0, 0.1) is 0 Å². The highest BCUT2D eigenvalue weighted by Gasteiger charge is 2.17. The molecule has 0 aliphatic rings. The smallest absolute Gasteiger partial charge is 0.279 e. The summed E-state index contributed by atoms with van der Waals surface area (Å²) >= 11 is 3.40. The fourth-order valence-corrected chi connectivity index (χ4v) is 2.84. The molecule has 1 amide bonds. The second-order valence-corrected chi connectivity index (χ2v) is 6.48. The van der Waals surface area contributed by atoms with Gasteiger partial charge in [0.2, 0.25) is 0 Å². The summed E-state index contributed by atoms with van der Waals surface area (Å²) in [4.78, 5) is 26.2. The van der Waals surface area contributed by atoms with E-state index in [4.69, 9.17) is 0 Å². The van der Waals surface area contributed by atoms with Crippen LogP contribution in [0.25, 0.3) is 0 Å². The zero-order valence-electron chi connectivity index (χ0n) is 13.9. The molecule has 2 rings (SSSR count). The number of amides is 1. The molecule has 0 heterocycles. The second kappa shape index (κ2) is 8.76. The van der Waals surface area contributed by atoms with Gasteiger partial charge in [0, 0.05) is 15.6 Å². The molecule has 2 aromatic carbocycles. The molecule has 0 bridgehead atoms. The number of quaternary nitrogens is 1. The number of halogens is 1. The minimum absolute atomic E-state index is 0.0851. The number of benzene rings is 2. The van der Waals surface area contributed by atoms with Crippen molar-refractivity contribution < 1.29 is 14.5 Å². The lowest BCUT2D eigenvalue weighted by Gasteiger charge is -2.16. The summed E-state index contributed by atoms with van der Waals surface area (Å²) in [6.07, 6.45) is 0. The Hall–Kier alpha value is -1.98. The van der Waals surface area contributed by atoms with Gasteiger partial charge in [0.1, 0.15) is 0 Å². The minimum Gasteiger partial charge on any atom is -0.328 e. The van der Waals surface area contributed by atoms with E-state index in [-0.39, 0.29) is 11.7 Å². The van der Waals surface area contributed by atoms with Crippen molar-refractivity contribution in [2.75, 3.05) is 25.0 Å². The van der Waals surface area contributed by atoms with Crippen molar-refractivity contribution in [3.8, 4) is 0 Å². The molecule has 0 unspecified atom stereocenters. The Balaban J connectivity index is 2.25. The highest BCUT2D eigenvalue weighted by atomic mass is 79.9. The molecular formula is C19H22BrN2O2+. The number of rotatable bonds is 7. The van der Waals surface area contributed by atoms with E-state index in [0.717, 1.165) is 17.6 Å². The summed E-state index contributed by atoms with van der Waals surface area (Å²) in [7, 11) is 0. The third kappa shape index (κ3) is 4.76. The molecule has 0 aliphatic heterocycles. The van der Waals surface area contributed by atoms with Crippen molar-refractivity contribution in [1.82, 2.24) is 0 Å². The first-order valence-corrected chi connectivity index (χ1v) is 8.87. The van der Waals surface area contributed by atoms with Gasteiger partial charge in [-0.3, -0.25) is 9.59 Å². The lowest BCUT2D eigenvalue weighted by molar-refractivity contribution is -0.888. The van der Waals surface area contributed by atoms with Gasteiger partial charge in [0.15, 0.2) is 12.3 Å². The third-order valence-electron chi connectivity index (χ3n) is 3.95. The number of carbonyl (C=O) groups is 2. The number of carbonyl (C=O) groups excluding carboxylic acids is 2. The van der Waals surface area contributed by atoms with E-state index in [1.165, 1.54) is 4.90 Å². The van der Waals surface area contributed by atoms with Gasteiger partial charge in [0.05, 0.1) is 18.8 Å². The Morgan fingerprint density at radius 3 is 2.33 bits per heavy atom. The van der Waals surface area contributed by atoms with Crippen LogP contribution in [-0.2, 0) is 4.79 Å². The van der Waals surface area contributed by atoms with Gasteiger partial charge < -0.3 is 10.2 Å². The number of nitrogens with one attached hydrogen (secondary N) is 2. The summed E-state index contributed by atoms with van der Waals surface area (Å²) in [5.74, 6) is -0.194. The summed E-state index contributed by atoms with van der Waals surface area (Å²) in [6, 6.07) is 14.4. The Bertz CT molecular complexity index is 713. The molecule has 0 spiro atoms. The normalized spacial score (nSPS) is 10.7. The molecule has 0 saturated carbocycles. The fourth-order valence-electron chi connectivity index (χ4n) is 2.48. The maximum atomic E-state index is 12.8. The monoisotopic (exact) mass is 389 g/mol. The van der Waals surface area contributed by atoms with Crippen LogP contribution in [0.1, 0.15) is 29.8 Å². The molecule has 24 heavy (non-hydrogen) atoms. The molecule has 2 aromatic rings. The van der Waals surface area contributed by atoms with Crippen molar-refractivity contribution in [2.24, 2.45) is 0 Å². The van der Waals surface area contributed by atoms with Crippen LogP contribution in [0.5, 0.6) is 0 Å². The van der Waals surface area contributed by atoms with E-state index in [9.17, 15) is 9.59 Å². The van der Waals surface area contributed by atoms with Crippen LogP contribution < -0.4 is 10.2 Å².